The lowest BCUT2D eigenvalue weighted by Crippen LogP contribution is -2.07. The molecule has 1 aromatic heterocycles. The highest BCUT2D eigenvalue weighted by molar-refractivity contribution is 7.99. The van der Waals surface area contributed by atoms with Crippen LogP contribution in [-0.4, -0.2) is 45.3 Å². The van der Waals surface area contributed by atoms with Crippen LogP contribution in [0.25, 0.3) is 0 Å². The van der Waals surface area contributed by atoms with Gasteiger partial charge in [0.25, 0.3) is 0 Å². The van der Waals surface area contributed by atoms with Crippen molar-refractivity contribution >= 4 is 17.5 Å². The number of hydrogen-bond donors (Lipinski definition) is 2. The highest BCUT2D eigenvalue weighted by Gasteiger charge is 2.09. The average molecular weight is 335 g/mol. The molecule has 124 valence electrons. The van der Waals surface area contributed by atoms with E-state index in [0.29, 0.717) is 12.2 Å². The number of aromatic nitrogens is 3. The number of H-pyrrole nitrogens is 1. The molecule has 0 bridgehead atoms. The van der Waals surface area contributed by atoms with E-state index in [1.165, 1.54) is 0 Å². The highest BCUT2D eigenvalue weighted by Crippen LogP contribution is 2.23. The lowest BCUT2D eigenvalue weighted by Gasteiger charge is -2.12. The number of aliphatic hydroxyl groups excluding tert-OH is 1. The molecule has 0 aliphatic heterocycles. The second kappa shape index (κ2) is 9.32. The average Bonchev–Trinajstić information content (AvgIpc) is 3.08. The van der Waals surface area contributed by atoms with Crippen LogP contribution in [0, 0.1) is 0 Å². The maximum absolute atomic E-state index is 11.6. The Labute approximate surface area is 139 Å². The zero-order chi connectivity index (χ0) is 16.5. The van der Waals surface area contributed by atoms with E-state index in [1.807, 2.05) is 12.1 Å². The Hall–Kier alpha value is -1.86. The molecule has 0 amide bonds. The van der Waals surface area contributed by atoms with Gasteiger partial charge in [-0.3, -0.25) is 4.79 Å². The van der Waals surface area contributed by atoms with Crippen LogP contribution in [0.2, 0.25) is 0 Å². The summed E-state index contributed by atoms with van der Waals surface area (Å²) in [5, 5.41) is 20.2. The summed E-state index contributed by atoms with van der Waals surface area (Å²) < 4.78 is 5.85. The Kier molecular flexibility index (Phi) is 7.09. The van der Waals surface area contributed by atoms with Crippen molar-refractivity contribution in [2.75, 3.05) is 19.0 Å². The van der Waals surface area contributed by atoms with Gasteiger partial charge in [0.15, 0.2) is 5.78 Å². The Morgan fingerprint density at radius 3 is 3.00 bits per heavy atom. The van der Waals surface area contributed by atoms with E-state index in [4.69, 9.17) is 9.84 Å². The first kappa shape index (κ1) is 17.5. The predicted molar refractivity (Wildman–Crippen MR) is 89.1 cm³/mol. The highest BCUT2D eigenvalue weighted by atomic mass is 32.2. The van der Waals surface area contributed by atoms with Gasteiger partial charge < -0.3 is 9.84 Å². The van der Waals surface area contributed by atoms with Crippen LogP contribution < -0.4 is 4.74 Å². The summed E-state index contributed by atoms with van der Waals surface area (Å²) in [6, 6.07) is 5.34. The van der Waals surface area contributed by atoms with Crippen molar-refractivity contribution < 1.29 is 14.6 Å². The number of ether oxygens (including phenoxy) is 1. The molecule has 0 aliphatic rings. The van der Waals surface area contributed by atoms with Gasteiger partial charge >= 0.3 is 0 Å². The number of aromatic amines is 1. The van der Waals surface area contributed by atoms with Crippen LogP contribution in [0.5, 0.6) is 5.75 Å². The molecule has 1 aromatic carbocycles. The van der Waals surface area contributed by atoms with Crippen LogP contribution in [0.1, 0.15) is 35.7 Å². The summed E-state index contributed by atoms with van der Waals surface area (Å²) in [6.45, 7) is 2.22. The molecule has 2 rings (SSSR count). The van der Waals surface area contributed by atoms with Crippen molar-refractivity contribution in [1.29, 1.82) is 0 Å². The molecular formula is C16H21N3O3S. The molecule has 0 atom stereocenters. The minimum Gasteiger partial charge on any atom is -0.493 e. The number of ketones is 1. The van der Waals surface area contributed by atoms with Crippen molar-refractivity contribution in [3.05, 3.63) is 35.5 Å². The molecule has 23 heavy (non-hydrogen) atoms. The third-order valence-electron chi connectivity index (χ3n) is 3.23. The van der Waals surface area contributed by atoms with E-state index in [-0.39, 0.29) is 5.78 Å². The molecule has 0 spiro atoms. The second-order valence-corrected chi connectivity index (χ2v) is 6.13. The van der Waals surface area contributed by atoms with E-state index >= 15 is 0 Å². The van der Waals surface area contributed by atoms with Gasteiger partial charge in [-0.25, -0.2) is 0 Å². The van der Waals surface area contributed by atoms with E-state index in [1.54, 1.807) is 24.0 Å². The lowest BCUT2D eigenvalue weighted by atomic mass is 10.0. The van der Waals surface area contributed by atoms with Gasteiger partial charge in [-0.2, -0.15) is 10.3 Å². The molecule has 0 fully saturated rings. The molecule has 1 heterocycles. The molecule has 0 saturated heterocycles. The van der Waals surface area contributed by atoms with Crippen LogP contribution in [0.4, 0.5) is 0 Å². The lowest BCUT2D eigenvalue weighted by molar-refractivity contribution is 0.0903. The number of carbonyl (C=O) groups excluding carboxylic acids is 1. The number of aryl methyl sites for hydroxylation is 1. The fourth-order valence-corrected chi connectivity index (χ4v) is 2.83. The van der Waals surface area contributed by atoms with Gasteiger partial charge in [0, 0.05) is 11.3 Å². The van der Waals surface area contributed by atoms with Gasteiger partial charge in [0.2, 0.25) is 0 Å². The third kappa shape index (κ3) is 5.37. The fraction of sp³-hybridized carbons (Fsp3) is 0.438. The third-order valence-corrected chi connectivity index (χ3v) is 4.22. The quantitative estimate of drug-likeness (QED) is 0.394. The number of nitrogens with zero attached hydrogens (tertiary/aromatic N) is 2. The zero-order valence-electron chi connectivity index (χ0n) is 13.1. The first-order chi connectivity index (χ1) is 11.2. The van der Waals surface area contributed by atoms with E-state index in [0.717, 1.165) is 41.4 Å². The topological polar surface area (TPSA) is 88.1 Å². The normalized spacial score (nSPS) is 10.7. The summed E-state index contributed by atoms with van der Waals surface area (Å²) in [4.78, 5) is 11.6. The first-order valence-electron chi connectivity index (χ1n) is 7.63. The van der Waals surface area contributed by atoms with Gasteiger partial charge in [-0.15, -0.1) is 16.9 Å². The molecule has 0 unspecified atom stereocenters. The van der Waals surface area contributed by atoms with Crippen molar-refractivity contribution in [3.8, 4) is 5.75 Å². The molecule has 0 radical (unpaired) electrons. The molecule has 2 N–H and O–H groups in total. The van der Waals surface area contributed by atoms with Gasteiger partial charge in [0.1, 0.15) is 17.4 Å². The molecular weight excluding hydrogens is 314 g/mol. The SMILES string of the molecule is CCCc1cc(C(=O)CO)ccc1OCCCSc1cn[nH]n1. The van der Waals surface area contributed by atoms with E-state index < -0.39 is 6.61 Å². The number of nitrogens with one attached hydrogen (secondary N) is 1. The predicted octanol–water partition coefficient (Wildman–Crippen LogP) is 2.49. The largest absolute Gasteiger partial charge is 0.493 e. The maximum atomic E-state index is 11.6. The van der Waals surface area contributed by atoms with Crippen LogP contribution in [0.3, 0.4) is 0 Å². The number of thioether (sulfide) groups is 1. The van der Waals surface area contributed by atoms with Crippen molar-refractivity contribution in [2.45, 2.75) is 31.2 Å². The van der Waals surface area contributed by atoms with Crippen molar-refractivity contribution in [2.24, 2.45) is 0 Å². The van der Waals surface area contributed by atoms with E-state index in [9.17, 15) is 4.79 Å². The van der Waals surface area contributed by atoms with Crippen molar-refractivity contribution in [3.63, 3.8) is 0 Å². The summed E-state index contributed by atoms with van der Waals surface area (Å²) in [7, 11) is 0. The second-order valence-electron chi connectivity index (χ2n) is 5.01. The molecule has 7 heteroatoms. The van der Waals surface area contributed by atoms with E-state index in [2.05, 4.69) is 22.3 Å². The first-order valence-corrected chi connectivity index (χ1v) is 8.61. The maximum Gasteiger partial charge on any atom is 0.188 e. The molecule has 0 saturated carbocycles. The summed E-state index contributed by atoms with van der Waals surface area (Å²) in [6.07, 6.45) is 4.40. The van der Waals surface area contributed by atoms with Gasteiger partial charge in [0.05, 0.1) is 12.8 Å². The summed E-state index contributed by atoms with van der Waals surface area (Å²) in [5.41, 5.74) is 1.54. The van der Waals surface area contributed by atoms with Gasteiger partial charge in [-0.1, -0.05) is 13.3 Å². The number of Topliss-reactive ketones (excluding diaryl/α,β-unsaturated/α-hetero) is 1. The number of aliphatic hydroxyl groups is 1. The summed E-state index contributed by atoms with van der Waals surface area (Å²) in [5.74, 6) is 1.45. The monoisotopic (exact) mass is 335 g/mol. The Balaban J connectivity index is 1.86. The zero-order valence-corrected chi connectivity index (χ0v) is 13.9. The smallest absolute Gasteiger partial charge is 0.188 e. The summed E-state index contributed by atoms with van der Waals surface area (Å²) >= 11 is 1.63. The van der Waals surface area contributed by atoms with Crippen LogP contribution in [0.15, 0.2) is 29.4 Å². The van der Waals surface area contributed by atoms with Gasteiger partial charge in [-0.05, 0) is 36.6 Å². The Morgan fingerprint density at radius 1 is 1.43 bits per heavy atom. The standard InChI is InChI=1S/C16H21N3O3S/c1-2-4-13-9-12(14(21)11-20)5-6-15(13)22-7-3-8-23-16-10-17-19-18-16/h5-6,9-10,20H,2-4,7-8,11H2,1H3,(H,17,18,19). The minimum atomic E-state index is -0.467. The Bertz CT molecular complexity index is 617. The number of carbonyl (C=O) groups is 1. The number of hydrogen-bond acceptors (Lipinski definition) is 6. The minimum absolute atomic E-state index is 0.266. The van der Waals surface area contributed by atoms with Crippen molar-refractivity contribution in [1.82, 2.24) is 15.4 Å². The molecule has 6 nitrogen and oxygen atoms in total. The molecule has 2 aromatic rings. The number of rotatable bonds is 10. The number of benzene rings is 1. The van der Waals surface area contributed by atoms with Crippen LogP contribution in [-0.2, 0) is 6.42 Å². The molecule has 0 aliphatic carbocycles. The fourth-order valence-electron chi connectivity index (χ4n) is 2.13. The van der Waals surface area contributed by atoms with Crippen LogP contribution >= 0.6 is 11.8 Å². The Morgan fingerprint density at radius 2 is 2.30 bits per heavy atom.